The van der Waals surface area contributed by atoms with Crippen molar-refractivity contribution in [2.45, 2.75) is 45.1 Å². The molecule has 7 nitrogen and oxygen atoms in total. The Hall–Kier alpha value is -2.57. The second kappa shape index (κ2) is 8.88. The summed E-state index contributed by atoms with van der Waals surface area (Å²) in [7, 11) is 4.95. The van der Waals surface area contributed by atoms with Crippen LogP contribution >= 0.6 is 0 Å². The molecule has 1 fully saturated rings. The number of amides is 1. The third-order valence-corrected chi connectivity index (χ3v) is 5.08. The fraction of sp³-hybridized carbons (Fsp3) is 0.550. The summed E-state index contributed by atoms with van der Waals surface area (Å²) in [6.45, 7) is 0.311. The number of carbonyl (C=O) groups is 1. The van der Waals surface area contributed by atoms with Gasteiger partial charge in [0.15, 0.2) is 11.5 Å². The molecule has 0 aliphatic heterocycles. The Balaban J connectivity index is 1.62. The molecule has 2 aromatic rings. The van der Waals surface area contributed by atoms with Crippen LogP contribution in [0.25, 0.3) is 11.5 Å². The van der Waals surface area contributed by atoms with Gasteiger partial charge in [-0.1, -0.05) is 19.3 Å². The highest BCUT2D eigenvalue weighted by Gasteiger charge is 2.21. The zero-order valence-corrected chi connectivity index (χ0v) is 16.2. The van der Waals surface area contributed by atoms with Crippen molar-refractivity contribution in [3.8, 4) is 23.0 Å². The maximum absolute atomic E-state index is 12.5. The summed E-state index contributed by atoms with van der Waals surface area (Å²) in [5, 5.41) is 8.17. The Morgan fingerprint density at radius 1 is 1.15 bits per heavy atom. The first-order valence-electron chi connectivity index (χ1n) is 9.39. The van der Waals surface area contributed by atoms with E-state index in [4.69, 9.17) is 13.9 Å². The molecule has 1 saturated carbocycles. The fourth-order valence-corrected chi connectivity index (χ4v) is 3.49. The van der Waals surface area contributed by atoms with Gasteiger partial charge in [-0.2, -0.15) is 0 Å². The van der Waals surface area contributed by atoms with Crippen LogP contribution in [0.5, 0.6) is 11.5 Å². The maximum atomic E-state index is 12.5. The minimum atomic E-state index is 0.132. The predicted molar refractivity (Wildman–Crippen MR) is 101 cm³/mol. The molecule has 1 aromatic carbocycles. The van der Waals surface area contributed by atoms with E-state index in [0.717, 1.165) is 18.4 Å². The minimum absolute atomic E-state index is 0.132. The number of carbonyl (C=O) groups excluding carboxylic acids is 1. The van der Waals surface area contributed by atoms with Gasteiger partial charge in [0, 0.05) is 19.0 Å². The van der Waals surface area contributed by atoms with Gasteiger partial charge < -0.3 is 18.8 Å². The van der Waals surface area contributed by atoms with Gasteiger partial charge in [-0.25, -0.2) is 0 Å². The van der Waals surface area contributed by atoms with Crippen LogP contribution in [-0.2, 0) is 11.3 Å². The summed E-state index contributed by atoms with van der Waals surface area (Å²) in [6.07, 6.45) is 6.68. The third kappa shape index (κ3) is 4.78. The SMILES string of the molecule is COc1ccc(-c2nnc(CN(C)C(=O)CC3CCCCC3)o2)cc1OC. The number of aromatic nitrogens is 2. The number of benzene rings is 1. The van der Waals surface area contributed by atoms with Crippen LogP contribution in [0.15, 0.2) is 22.6 Å². The van der Waals surface area contributed by atoms with E-state index in [1.54, 1.807) is 38.3 Å². The van der Waals surface area contributed by atoms with Crippen molar-refractivity contribution in [1.29, 1.82) is 0 Å². The topological polar surface area (TPSA) is 77.7 Å². The molecule has 0 N–H and O–H groups in total. The normalized spacial score (nSPS) is 14.8. The number of ether oxygens (including phenoxy) is 2. The molecule has 146 valence electrons. The third-order valence-electron chi connectivity index (χ3n) is 5.08. The quantitative estimate of drug-likeness (QED) is 0.737. The summed E-state index contributed by atoms with van der Waals surface area (Å²) >= 11 is 0. The Kier molecular flexibility index (Phi) is 6.32. The van der Waals surface area contributed by atoms with Crippen LogP contribution in [0, 0.1) is 5.92 Å². The molecule has 0 spiro atoms. The zero-order valence-electron chi connectivity index (χ0n) is 16.2. The summed E-state index contributed by atoms with van der Waals surface area (Å²) in [5.41, 5.74) is 0.739. The van der Waals surface area contributed by atoms with Gasteiger partial charge >= 0.3 is 0 Å². The molecule has 1 amide bonds. The van der Waals surface area contributed by atoms with Gasteiger partial charge in [-0.3, -0.25) is 4.79 Å². The lowest BCUT2D eigenvalue weighted by Gasteiger charge is -2.23. The van der Waals surface area contributed by atoms with Gasteiger partial charge in [0.1, 0.15) is 0 Å². The van der Waals surface area contributed by atoms with E-state index in [0.29, 0.717) is 42.2 Å². The maximum Gasteiger partial charge on any atom is 0.247 e. The van der Waals surface area contributed by atoms with Crippen LogP contribution in [0.1, 0.15) is 44.4 Å². The van der Waals surface area contributed by atoms with Crippen LogP contribution in [0.4, 0.5) is 0 Å². The average molecular weight is 373 g/mol. The minimum Gasteiger partial charge on any atom is -0.493 e. The molecule has 0 radical (unpaired) electrons. The summed E-state index contributed by atoms with van der Waals surface area (Å²) in [4.78, 5) is 14.1. The van der Waals surface area contributed by atoms with Gasteiger partial charge in [-0.05, 0) is 37.0 Å². The van der Waals surface area contributed by atoms with E-state index in [-0.39, 0.29) is 5.91 Å². The van der Waals surface area contributed by atoms with Crippen LogP contribution in [-0.4, -0.2) is 42.3 Å². The number of methoxy groups -OCH3 is 2. The first-order valence-corrected chi connectivity index (χ1v) is 9.39. The van der Waals surface area contributed by atoms with Crippen molar-refractivity contribution in [3.63, 3.8) is 0 Å². The van der Waals surface area contributed by atoms with Gasteiger partial charge in [0.25, 0.3) is 0 Å². The molecular weight excluding hydrogens is 346 g/mol. The number of rotatable bonds is 7. The van der Waals surface area contributed by atoms with Crippen LogP contribution in [0.2, 0.25) is 0 Å². The molecule has 0 bridgehead atoms. The van der Waals surface area contributed by atoms with Crippen molar-refractivity contribution in [2.75, 3.05) is 21.3 Å². The van der Waals surface area contributed by atoms with E-state index < -0.39 is 0 Å². The van der Waals surface area contributed by atoms with E-state index in [2.05, 4.69) is 10.2 Å². The predicted octanol–water partition coefficient (Wildman–Crippen LogP) is 3.68. The van der Waals surface area contributed by atoms with Crippen LogP contribution < -0.4 is 9.47 Å². The highest BCUT2D eigenvalue weighted by Crippen LogP contribution is 2.32. The Morgan fingerprint density at radius 3 is 2.59 bits per heavy atom. The standard InChI is InChI=1S/C20H27N3O4/c1-23(19(24)11-14-7-5-4-6-8-14)13-18-21-22-20(27-18)15-9-10-16(25-2)17(12-15)26-3/h9-10,12,14H,4-8,11,13H2,1-3H3. The first kappa shape index (κ1) is 19.2. The Labute approximate surface area is 159 Å². The van der Waals surface area contributed by atoms with Crippen molar-refractivity contribution < 1.29 is 18.7 Å². The molecule has 0 unspecified atom stereocenters. The molecule has 27 heavy (non-hydrogen) atoms. The van der Waals surface area contributed by atoms with Crippen molar-refractivity contribution in [2.24, 2.45) is 5.92 Å². The molecule has 3 rings (SSSR count). The molecule has 0 saturated heterocycles. The summed E-state index contributed by atoms with van der Waals surface area (Å²) in [5.74, 6) is 2.67. The second-order valence-electron chi connectivity index (χ2n) is 7.03. The van der Waals surface area contributed by atoms with Crippen molar-refractivity contribution >= 4 is 5.91 Å². The molecular formula is C20H27N3O4. The second-order valence-corrected chi connectivity index (χ2v) is 7.03. The lowest BCUT2D eigenvalue weighted by Crippen LogP contribution is -2.28. The molecule has 0 atom stereocenters. The highest BCUT2D eigenvalue weighted by molar-refractivity contribution is 5.76. The monoisotopic (exact) mass is 373 g/mol. The highest BCUT2D eigenvalue weighted by atomic mass is 16.5. The Morgan fingerprint density at radius 2 is 1.89 bits per heavy atom. The van der Waals surface area contributed by atoms with E-state index in [9.17, 15) is 4.79 Å². The lowest BCUT2D eigenvalue weighted by atomic mass is 9.87. The Bertz CT molecular complexity index is 768. The first-order chi connectivity index (χ1) is 13.1. The summed E-state index contributed by atoms with van der Waals surface area (Å²) in [6, 6.07) is 5.41. The number of hydrogen-bond acceptors (Lipinski definition) is 6. The largest absolute Gasteiger partial charge is 0.493 e. The lowest BCUT2D eigenvalue weighted by molar-refractivity contribution is -0.131. The fourth-order valence-electron chi connectivity index (χ4n) is 3.49. The smallest absolute Gasteiger partial charge is 0.247 e. The molecule has 1 aliphatic rings. The van der Waals surface area contributed by atoms with Crippen LogP contribution in [0.3, 0.4) is 0 Å². The zero-order chi connectivity index (χ0) is 19.2. The van der Waals surface area contributed by atoms with Gasteiger partial charge in [-0.15, -0.1) is 10.2 Å². The summed E-state index contributed by atoms with van der Waals surface area (Å²) < 4.78 is 16.3. The average Bonchev–Trinajstić information content (AvgIpc) is 3.16. The molecule has 1 aromatic heterocycles. The number of nitrogens with zero attached hydrogens (tertiary/aromatic N) is 3. The molecule has 1 aliphatic carbocycles. The van der Waals surface area contributed by atoms with E-state index >= 15 is 0 Å². The van der Waals surface area contributed by atoms with Crippen molar-refractivity contribution in [1.82, 2.24) is 15.1 Å². The van der Waals surface area contributed by atoms with Gasteiger partial charge in [0.2, 0.25) is 17.7 Å². The van der Waals surface area contributed by atoms with Crippen molar-refractivity contribution in [3.05, 3.63) is 24.1 Å². The molecule has 1 heterocycles. The number of hydrogen-bond donors (Lipinski definition) is 0. The van der Waals surface area contributed by atoms with E-state index in [1.165, 1.54) is 19.3 Å². The van der Waals surface area contributed by atoms with E-state index in [1.807, 2.05) is 6.07 Å². The van der Waals surface area contributed by atoms with Gasteiger partial charge in [0.05, 0.1) is 20.8 Å². The molecule has 7 heteroatoms.